The fourth-order valence-electron chi connectivity index (χ4n) is 1.95. The first kappa shape index (κ1) is 18.2. The van der Waals surface area contributed by atoms with Gasteiger partial charge in [-0.2, -0.15) is 0 Å². The van der Waals surface area contributed by atoms with Crippen LogP contribution >= 0.6 is 0 Å². The zero-order chi connectivity index (χ0) is 16.0. The van der Waals surface area contributed by atoms with E-state index in [0.717, 1.165) is 6.42 Å². The zero-order valence-corrected chi connectivity index (χ0v) is 14.2. The number of aryl methyl sites for hydroxylation is 1. The van der Waals surface area contributed by atoms with Gasteiger partial charge in [0.25, 0.3) is 0 Å². The third kappa shape index (κ3) is 5.10. The van der Waals surface area contributed by atoms with Gasteiger partial charge in [0.2, 0.25) is 10.0 Å². The molecule has 0 saturated heterocycles. The summed E-state index contributed by atoms with van der Waals surface area (Å²) in [5.74, 6) is 0. The Morgan fingerprint density at radius 1 is 1.43 bits per heavy atom. The fraction of sp³-hybridized carbons (Fsp3) is 0.714. The van der Waals surface area contributed by atoms with E-state index in [2.05, 4.69) is 23.5 Å². The molecule has 1 aromatic heterocycles. The number of nitrogens with one attached hydrogen (secondary N) is 1. The molecular weight excluding hydrogens is 290 g/mol. The first-order chi connectivity index (χ1) is 9.81. The van der Waals surface area contributed by atoms with E-state index in [1.54, 1.807) is 10.8 Å². The molecule has 0 bridgehead atoms. The average Bonchev–Trinajstić information content (AvgIpc) is 2.82. The van der Waals surface area contributed by atoms with Crippen LogP contribution in [-0.4, -0.2) is 49.2 Å². The standard InChI is InChI=1S/C14H27N3O3S/c1-5-7-17-10-14(9-13(17)11-18)21(19,20)15-6-8-16(4)12(2)3/h9-10,12,15,18H,5-8,11H2,1-4H3. The highest BCUT2D eigenvalue weighted by molar-refractivity contribution is 7.89. The summed E-state index contributed by atoms with van der Waals surface area (Å²) >= 11 is 0. The number of rotatable bonds is 9. The normalized spacial score (nSPS) is 12.5. The lowest BCUT2D eigenvalue weighted by Gasteiger charge is -2.20. The van der Waals surface area contributed by atoms with Crippen molar-refractivity contribution in [2.75, 3.05) is 20.1 Å². The maximum Gasteiger partial charge on any atom is 0.242 e. The second kappa shape index (κ2) is 7.93. The Morgan fingerprint density at radius 3 is 2.62 bits per heavy atom. The van der Waals surface area contributed by atoms with Crippen molar-refractivity contribution in [3.8, 4) is 0 Å². The van der Waals surface area contributed by atoms with Crippen LogP contribution < -0.4 is 4.72 Å². The monoisotopic (exact) mass is 317 g/mol. The summed E-state index contributed by atoms with van der Waals surface area (Å²) < 4.78 is 28.9. The molecule has 122 valence electrons. The van der Waals surface area contributed by atoms with Gasteiger partial charge in [-0.3, -0.25) is 0 Å². The molecule has 1 rings (SSSR count). The Morgan fingerprint density at radius 2 is 2.10 bits per heavy atom. The van der Waals surface area contributed by atoms with E-state index in [9.17, 15) is 13.5 Å². The Hall–Kier alpha value is -0.890. The van der Waals surface area contributed by atoms with Crippen molar-refractivity contribution in [3.63, 3.8) is 0 Å². The molecular formula is C14H27N3O3S. The van der Waals surface area contributed by atoms with E-state index in [1.807, 2.05) is 14.0 Å². The van der Waals surface area contributed by atoms with Crippen LogP contribution in [0.3, 0.4) is 0 Å². The van der Waals surface area contributed by atoms with Gasteiger partial charge in [-0.1, -0.05) is 6.92 Å². The van der Waals surface area contributed by atoms with Crippen LogP contribution in [0.2, 0.25) is 0 Å². The lowest BCUT2D eigenvalue weighted by Crippen LogP contribution is -2.36. The van der Waals surface area contributed by atoms with Gasteiger partial charge in [-0.25, -0.2) is 13.1 Å². The summed E-state index contributed by atoms with van der Waals surface area (Å²) in [7, 11) is -1.56. The van der Waals surface area contributed by atoms with E-state index in [1.165, 1.54) is 6.07 Å². The summed E-state index contributed by atoms with van der Waals surface area (Å²) in [5, 5.41) is 9.29. The van der Waals surface area contributed by atoms with Crippen LogP contribution in [-0.2, 0) is 23.2 Å². The molecule has 0 aromatic carbocycles. The van der Waals surface area contributed by atoms with Gasteiger partial charge < -0.3 is 14.6 Å². The zero-order valence-electron chi connectivity index (χ0n) is 13.3. The highest BCUT2D eigenvalue weighted by Gasteiger charge is 2.18. The second-order valence-electron chi connectivity index (χ2n) is 5.49. The predicted molar refractivity (Wildman–Crippen MR) is 83.6 cm³/mol. The number of hydrogen-bond donors (Lipinski definition) is 2. The lowest BCUT2D eigenvalue weighted by molar-refractivity contribution is 0.270. The fourth-order valence-corrected chi connectivity index (χ4v) is 3.04. The van der Waals surface area contributed by atoms with Crippen LogP contribution in [0, 0.1) is 0 Å². The average molecular weight is 317 g/mol. The van der Waals surface area contributed by atoms with Gasteiger partial charge in [0.05, 0.1) is 11.5 Å². The van der Waals surface area contributed by atoms with Crippen molar-refractivity contribution in [2.45, 2.75) is 51.3 Å². The molecule has 0 spiro atoms. The molecule has 0 atom stereocenters. The van der Waals surface area contributed by atoms with Crippen LogP contribution in [0.15, 0.2) is 17.2 Å². The van der Waals surface area contributed by atoms with Gasteiger partial charge in [-0.05, 0) is 33.4 Å². The van der Waals surface area contributed by atoms with Gasteiger partial charge in [0, 0.05) is 37.6 Å². The van der Waals surface area contributed by atoms with Crippen LogP contribution in [0.1, 0.15) is 32.9 Å². The Labute approximate surface area is 127 Å². The summed E-state index contributed by atoms with van der Waals surface area (Å²) in [6.45, 7) is 7.69. The van der Waals surface area contributed by atoms with E-state index < -0.39 is 10.0 Å². The molecule has 0 amide bonds. The number of aliphatic hydroxyl groups excluding tert-OH is 1. The lowest BCUT2D eigenvalue weighted by atomic mass is 10.3. The number of aromatic nitrogens is 1. The highest BCUT2D eigenvalue weighted by Crippen LogP contribution is 2.15. The summed E-state index contributed by atoms with van der Waals surface area (Å²) in [5.41, 5.74) is 0.622. The number of nitrogens with zero attached hydrogens (tertiary/aromatic N) is 2. The molecule has 7 heteroatoms. The first-order valence-electron chi connectivity index (χ1n) is 7.31. The van der Waals surface area contributed by atoms with Gasteiger partial charge in [0.1, 0.15) is 0 Å². The molecule has 0 saturated carbocycles. The number of hydrogen-bond acceptors (Lipinski definition) is 4. The van der Waals surface area contributed by atoms with E-state index in [-0.39, 0.29) is 11.5 Å². The molecule has 0 radical (unpaired) electrons. The van der Waals surface area contributed by atoms with E-state index in [4.69, 9.17) is 0 Å². The van der Waals surface area contributed by atoms with E-state index in [0.29, 0.717) is 31.4 Å². The Balaban J connectivity index is 2.74. The van der Waals surface area contributed by atoms with Crippen LogP contribution in [0.25, 0.3) is 0 Å². The summed E-state index contributed by atoms with van der Waals surface area (Å²) in [4.78, 5) is 2.29. The third-order valence-electron chi connectivity index (χ3n) is 3.54. The predicted octanol–water partition coefficient (Wildman–Crippen LogP) is 1.01. The van der Waals surface area contributed by atoms with E-state index >= 15 is 0 Å². The Kier molecular flexibility index (Phi) is 6.86. The maximum atomic E-state index is 12.2. The first-order valence-corrected chi connectivity index (χ1v) is 8.80. The number of aliphatic hydroxyl groups is 1. The number of sulfonamides is 1. The van der Waals surface area contributed by atoms with Crippen LogP contribution in [0.5, 0.6) is 0 Å². The maximum absolute atomic E-state index is 12.2. The largest absolute Gasteiger partial charge is 0.390 e. The van der Waals surface area contributed by atoms with Gasteiger partial charge >= 0.3 is 0 Å². The second-order valence-corrected chi connectivity index (χ2v) is 7.26. The van der Waals surface area contributed by atoms with Crippen LogP contribution in [0.4, 0.5) is 0 Å². The number of likely N-dealkylation sites (N-methyl/N-ethyl adjacent to an activating group) is 1. The highest BCUT2D eigenvalue weighted by atomic mass is 32.2. The van der Waals surface area contributed by atoms with Gasteiger partial charge in [0.15, 0.2) is 0 Å². The van der Waals surface area contributed by atoms with Gasteiger partial charge in [-0.15, -0.1) is 0 Å². The molecule has 1 aromatic rings. The van der Waals surface area contributed by atoms with Crippen molar-refractivity contribution in [3.05, 3.63) is 18.0 Å². The molecule has 0 aliphatic heterocycles. The summed E-state index contributed by atoms with van der Waals surface area (Å²) in [6.07, 6.45) is 2.47. The molecule has 6 nitrogen and oxygen atoms in total. The minimum Gasteiger partial charge on any atom is -0.390 e. The van der Waals surface area contributed by atoms with Crippen molar-refractivity contribution in [1.82, 2.24) is 14.2 Å². The topological polar surface area (TPSA) is 74.6 Å². The summed E-state index contributed by atoms with van der Waals surface area (Å²) in [6, 6.07) is 1.91. The smallest absolute Gasteiger partial charge is 0.242 e. The molecule has 1 heterocycles. The molecule has 0 unspecified atom stereocenters. The SMILES string of the molecule is CCCn1cc(S(=O)(=O)NCCN(C)C(C)C)cc1CO. The quantitative estimate of drug-likeness (QED) is 0.713. The molecule has 0 fully saturated rings. The van der Waals surface area contributed by atoms with Crippen molar-refractivity contribution in [2.24, 2.45) is 0 Å². The van der Waals surface area contributed by atoms with Crippen molar-refractivity contribution >= 4 is 10.0 Å². The van der Waals surface area contributed by atoms with Crippen molar-refractivity contribution in [1.29, 1.82) is 0 Å². The molecule has 21 heavy (non-hydrogen) atoms. The molecule has 2 N–H and O–H groups in total. The Bertz CT molecular complexity index is 538. The minimum atomic E-state index is -3.52. The third-order valence-corrected chi connectivity index (χ3v) is 4.96. The molecule has 0 aliphatic rings. The van der Waals surface area contributed by atoms with Crippen molar-refractivity contribution < 1.29 is 13.5 Å². The molecule has 0 aliphatic carbocycles. The minimum absolute atomic E-state index is 0.161.